The fourth-order valence-electron chi connectivity index (χ4n) is 2.03. The number of anilines is 1. The standard InChI is InChI=1S/C17H14ClF3N2O4/c1-10(16(26)22-13-5-3-12(18)4-6-13)27-15(25)9-23-8-11(17(19,20)21)2-7-14(23)24/h2-8,10H,9H2,1H3,(H,22,26). The molecule has 1 amide bonds. The van der Waals surface area contributed by atoms with Gasteiger partial charge in [-0.05, 0) is 37.3 Å². The maximum atomic E-state index is 12.7. The van der Waals surface area contributed by atoms with Crippen molar-refractivity contribution in [2.45, 2.75) is 25.7 Å². The summed E-state index contributed by atoms with van der Waals surface area (Å²) in [6, 6.07) is 7.49. The van der Waals surface area contributed by atoms with Gasteiger partial charge in [0.1, 0.15) is 6.54 Å². The van der Waals surface area contributed by atoms with Gasteiger partial charge in [0.2, 0.25) is 0 Å². The zero-order valence-electron chi connectivity index (χ0n) is 13.9. The highest BCUT2D eigenvalue weighted by Crippen LogP contribution is 2.28. The quantitative estimate of drug-likeness (QED) is 0.780. The first kappa shape index (κ1) is 20.5. The van der Waals surface area contributed by atoms with Crippen molar-refractivity contribution >= 4 is 29.2 Å². The zero-order valence-corrected chi connectivity index (χ0v) is 14.7. The van der Waals surface area contributed by atoms with Gasteiger partial charge < -0.3 is 14.6 Å². The van der Waals surface area contributed by atoms with Crippen LogP contribution in [0.25, 0.3) is 0 Å². The van der Waals surface area contributed by atoms with Crippen LogP contribution in [0.3, 0.4) is 0 Å². The number of halogens is 4. The van der Waals surface area contributed by atoms with E-state index in [2.05, 4.69) is 5.32 Å². The summed E-state index contributed by atoms with van der Waals surface area (Å²) in [5, 5.41) is 2.96. The molecule has 0 bridgehead atoms. The lowest BCUT2D eigenvalue weighted by Gasteiger charge is -2.15. The number of rotatable bonds is 5. The topological polar surface area (TPSA) is 77.4 Å². The van der Waals surface area contributed by atoms with Crippen LogP contribution in [0.4, 0.5) is 18.9 Å². The van der Waals surface area contributed by atoms with Crippen LogP contribution < -0.4 is 10.9 Å². The van der Waals surface area contributed by atoms with Gasteiger partial charge in [-0.2, -0.15) is 13.2 Å². The lowest BCUT2D eigenvalue weighted by atomic mass is 10.3. The molecule has 2 aromatic rings. The van der Waals surface area contributed by atoms with Gasteiger partial charge in [-0.1, -0.05) is 11.6 Å². The summed E-state index contributed by atoms with van der Waals surface area (Å²) in [5.41, 5.74) is -1.47. The number of carbonyl (C=O) groups excluding carboxylic acids is 2. The number of carbonyl (C=O) groups is 2. The first-order valence-electron chi connectivity index (χ1n) is 7.60. The monoisotopic (exact) mass is 402 g/mol. The minimum absolute atomic E-state index is 0.418. The molecule has 0 aliphatic heterocycles. The van der Waals surface area contributed by atoms with Gasteiger partial charge in [0.15, 0.2) is 6.10 Å². The van der Waals surface area contributed by atoms with Crippen LogP contribution in [0, 0.1) is 0 Å². The fourth-order valence-corrected chi connectivity index (χ4v) is 2.15. The van der Waals surface area contributed by atoms with Gasteiger partial charge in [-0.3, -0.25) is 14.4 Å². The second-order valence-corrected chi connectivity index (χ2v) is 5.95. The number of esters is 1. The van der Waals surface area contributed by atoms with Crippen molar-refractivity contribution in [3.8, 4) is 0 Å². The van der Waals surface area contributed by atoms with Crippen molar-refractivity contribution in [1.29, 1.82) is 0 Å². The second kappa shape index (κ2) is 8.26. The van der Waals surface area contributed by atoms with Crippen molar-refractivity contribution in [1.82, 2.24) is 4.57 Å². The number of amides is 1. The Balaban J connectivity index is 1.99. The lowest BCUT2D eigenvalue weighted by Crippen LogP contribution is -2.33. The van der Waals surface area contributed by atoms with Crippen molar-refractivity contribution in [2.24, 2.45) is 0 Å². The van der Waals surface area contributed by atoms with Crippen LogP contribution >= 0.6 is 11.6 Å². The van der Waals surface area contributed by atoms with E-state index in [0.29, 0.717) is 33.6 Å². The third kappa shape index (κ3) is 5.85. The Morgan fingerprint density at radius 1 is 1.19 bits per heavy atom. The number of nitrogens with zero attached hydrogens (tertiary/aromatic N) is 1. The Morgan fingerprint density at radius 2 is 1.81 bits per heavy atom. The highest BCUT2D eigenvalue weighted by molar-refractivity contribution is 6.30. The molecule has 1 unspecified atom stereocenters. The molecule has 2 rings (SSSR count). The number of pyridine rings is 1. The molecule has 0 aliphatic rings. The van der Waals surface area contributed by atoms with Crippen LogP contribution in [-0.4, -0.2) is 22.5 Å². The Bertz CT molecular complexity index is 894. The molecule has 0 radical (unpaired) electrons. The van der Waals surface area contributed by atoms with Crippen molar-refractivity contribution in [3.05, 3.63) is 63.5 Å². The van der Waals surface area contributed by atoms with Gasteiger partial charge in [-0.15, -0.1) is 0 Å². The van der Waals surface area contributed by atoms with Crippen LogP contribution in [0.5, 0.6) is 0 Å². The van der Waals surface area contributed by atoms with Crippen LogP contribution in [0.2, 0.25) is 5.02 Å². The minimum atomic E-state index is -4.66. The molecule has 1 N–H and O–H groups in total. The molecule has 0 aliphatic carbocycles. The molecule has 10 heteroatoms. The predicted molar refractivity (Wildman–Crippen MR) is 91.3 cm³/mol. The Kier molecular flexibility index (Phi) is 6.27. The second-order valence-electron chi connectivity index (χ2n) is 5.51. The van der Waals surface area contributed by atoms with Gasteiger partial charge in [0, 0.05) is 23.0 Å². The molecule has 0 spiro atoms. The predicted octanol–water partition coefficient (Wildman–Crippen LogP) is 3.09. The first-order chi connectivity index (χ1) is 12.6. The molecule has 0 saturated carbocycles. The van der Waals surface area contributed by atoms with E-state index in [0.717, 1.165) is 0 Å². The summed E-state index contributed by atoms with van der Waals surface area (Å²) in [6.07, 6.45) is -5.37. The van der Waals surface area contributed by atoms with Crippen molar-refractivity contribution < 1.29 is 27.5 Å². The highest BCUT2D eigenvalue weighted by atomic mass is 35.5. The van der Waals surface area contributed by atoms with E-state index in [1.807, 2.05) is 0 Å². The third-order valence-corrected chi connectivity index (χ3v) is 3.65. The smallest absolute Gasteiger partial charge is 0.417 e. The number of hydrogen-bond acceptors (Lipinski definition) is 4. The van der Waals surface area contributed by atoms with E-state index in [9.17, 15) is 27.6 Å². The molecule has 0 fully saturated rings. The number of nitrogens with one attached hydrogen (secondary N) is 1. The van der Waals surface area contributed by atoms with Gasteiger partial charge in [-0.25, -0.2) is 0 Å². The highest BCUT2D eigenvalue weighted by Gasteiger charge is 2.31. The summed E-state index contributed by atoms with van der Waals surface area (Å²) >= 11 is 5.73. The van der Waals surface area contributed by atoms with Crippen molar-refractivity contribution in [3.63, 3.8) is 0 Å². The molecule has 6 nitrogen and oxygen atoms in total. The molecular weight excluding hydrogens is 389 g/mol. The van der Waals surface area contributed by atoms with Gasteiger partial charge in [0.25, 0.3) is 11.5 Å². The van der Waals surface area contributed by atoms with E-state index >= 15 is 0 Å². The zero-order chi connectivity index (χ0) is 20.2. The molecule has 0 saturated heterocycles. The number of hydrogen-bond donors (Lipinski definition) is 1. The van der Waals surface area contributed by atoms with Crippen LogP contribution in [0.15, 0.2) is 47.4 Å². The van der Waals surface area contributed by atoms with E-state index in [1.54, 1.807) is 12.1 Å². The van der Waals surface area contributed by atoms with Crippen molar-refractivity contribution in [2.75, 3.05) is 5.32 Å². The Labute approximate surface area is 156 Å². The molecular formula is C17H14ClF3N2O4. The molecule has 1 heterocycles. The largest absolute Gasteiger partial charge is 0.451 e. The first-order valence-corrected chi connectivity index (χ1v) is 7.97. The average Bonchev–Trinajstić information content (AvgIpc) is 2.57. The summed E-state index contributed by atoms with van der Waals surface area (Å²) in [5.74, 6) is -1.68. The van der Waals surface area contributed by atoms with E-state index in [4.69, 9.17) is 16.3 Å². The SMILES string of the molecule is CC(OC(=O)Cn1cc(C(F)(F)F)ccc1=O)C(=O)Nc1ccc(Cl)cc1. The van der Waals surface area contributed by atoms with Crippen LogP contribution in [0.1, 0.15) is 12.5 Å². The number of benzene rings is 1. The van der Waals surface area contributed by atoms with E-state index in [1.165, 1.54) is 19.1 Å². The fraction of sp³-hybridized carbons (Fsp3) is 0.235. The van der Waals surface area contributed by atoms with Gasteiger partial charge in [0.05, 0.1) is 5.56 Å². The molecule has 1 aromatic heterocycles. The van der Waals surface area contributed by atoms with E-state index < -0.39 is 41.8 Å². The number of ether oxygens (including phenoxy) is 1. The lowest BCUT2D eigenvalue weighted by molar-refractivity contribution is -0.154. The minimum Gasteiger partial charge on any atom is -0.451 e. The van der Waals surface area contributed by atoms with E-state index in [-0.39, 0.29) is 0 Å². The number of alkyl halides is 3. The third-order valence-electron chi connectivity index (χ3n) is 3.40. The summed E-state index contributed by atoms with van der Waals surface area (Å²) in [4.78, 5) is 35.5. The van der Waals surface area contributed by atoms with Crippen LogP contribution in [-0.2, 0) is 27.0 Å². The molecule has 1 aromatic carbocycles. The molecule has 27 heavy (non-hydrogen) atoms. The maximum absolute atomic E-state index is 12.7. The Hall–Kier alpha value is -2.81. The normalized spacial score (nSPS) is 12.3. The average molecular weight is 403 g/mol. The summed E-state index contributed by atoms with van der Waals surface area (Å²) in [6.45, 7) is 0.527. The summed E-state index contributed by atoms with van der Waals surface area (Å²) in [7, 11) is 0. The molecule has 144 valence electrons. The number of aromatic nitrogens is 1. The van der Waals surface area contributed by atoms with Gasteiger partial charge >= 0.3 is 12.1 Å². The summed E-state index contributed by atoms with van der Waals surface area (Å²) < 4.78 is 43.5. The Morgan fingerprint density at radius 3 is 2.41 bits per heavy atom. The molecule has 1 atom stereocenters. The maximum Gasteiger partial charge on any atom is 0.417 e.